The Hall–Kier alpha value is -0.870. The molecule has 3 nitrogen and oxygen atoms in total. The van der Waals surface area contributed by atoms with E-state index in [9.17, 15) is 4.79 Å². The second-order valence-corrected chi connectivity index (χ2v) is 5.70. The van der Waals surface area contributed by atoms with Crippen LogP contribution in [0.2, 0.25) is 0 Å². The summed E-state index contributed by atoms with van der Waals surface area (Å²) in [6, 6.07) is 5.82. The zero-order valence-corrected chi connectivity index (χ0v) is 12.1. The van der Waals surface area contributed by atoms with E-state index in [1.807, 2.05) is 18.2 Å². The maximum absolute atomic E-state index is 11.3. The molecular weight excluding hydrogens is 294 g/mol. The molecule has 1 unspecified atom stereocenters. The molecule has 1 aliphatic carbocycles. The molecule has 0 aromatic heterocycles. The number of halogens is 1. The fourth-order valence-electron chi connectivity index (χ4n) is 2.54. The molecule has 1 atom stereocenters. The van der Waals surface area contributed by atoms with Gasteiger partial charge in [0.1, 0.15) is 11.5 Å². The van der Waals surface area contributed by atoms with E-state index in [0.717, 1.165) is 28.6 Å². The van der Waals surface area contributed by atoms with Crippen LogP contribution in [0, 0.1) is 5.92 Å². The first-order valence-electron chi connectivity index (χ1n) is 6.22. The van der Waals surface area contributed by atoms with Gasteiger partial charge in [0.15, 0.2) is 0 Å². The lowest BCUT2D eigenvalue weighted by Gasteiger charge is -2.28. The van der Waals surface area contributed by atoms with Gasteiger partial charge in [0.2, 0.25) is 0 Å². The molecule has 1 fully saturated rings. The molecule has 1 saturated carbocycles. The van der Waals surface area contributed by atoms with Crippen LogP contribution in [0.15, 0.2) is 22.7 Å². The lowest BCUT2D eigenvalue weighted by atomic mass is 9.81. The molecule has 0 saturated heterocycles. The standard InChI is InChI=1S/C14H18BrNO2/c1-18-13-7-4-10(15)8-12(13)14(16)9-2-5-11(17)6-3-9/h4,7-9,14H,2-3,5-6,16H2,1H3. The number of benzene rings is 1. The number of carbonyl (C=O) groups excluding carboxylic acids is 1. The van der Waals surface area contributed by atoms with Gasteiger partial charge >= 0.3 is 0 Å². The van der Waals surface area contributed by atoms with Crippen molar-refractivity contribution in [2.75, 3.05) is 7.11 Å². The molecule has 0 heterocycles. The maximum Gasteiger partial charge on any atom is 0.132 e. The number of carbonyl (C=O) groups is 1. The van der Waals surface area contributed by atoms with Crippen LogP contribution in [0.3, 0.4) is 0 Å². The van der Waals surface area contributed by atoms with Gasteiger partial charge in [0, 0.05) is 28.9 Å². The zero-order chi connectivity index (χ0) is 13.1. The molecule has 18 heavy (non-hydrogen) atoms. The predicted octanol–water partition coefficient (Wildman–Crippen LogP) is 3.22. The Morgan fingerprint density at radius 3 is 2.67 bits per heavy atom. The number of ether oxygens (including phenoxy) is 1. The molecule has 0 amide bonds. The first-order chi connectivity index (χ1) is 8.61. The van der Waals surface area contributed by atoms with Crippen molar-refractivity contribution < 1.29 is 9.53 Å². The summed E-state index contributed by atoms with van der Waals surface area (Å²) in [4.78, 5) is 11.3. The van der Waals surface area contributed by atoms with Gasteiger partial charge in [0.05, 0.1) is 7.11 Å². The Balaban J connectivity index is 2.19. The summed E-state index contributed by atoms with van der Waals surface area (Å²) in [5.41, 5.74) is 7.37. The second kappa shape index (κ2) is 5.85. The Kier molecular flexibility index (Phi) is 4.40. The molecule has 4 heteroatoms. The monoisotopic (exact) mass is 311 g/mol. The molecule has 2 N–H and O–H groups in total. The van der Waals surface area contributed by atoms with Crippen LogP contribution in [-0.4, -0.2) is 12.9 Å². The predicted molar refractivity (Wildman–Crippen MR) is 74.6 cm³/mol. The third kappa shape index (κ3) is 2.93. The van der Waals surface area contributed by atoms with Gasteiger partial charge in [-0.05, 0) is 37.0 Å². The van der Waals surface area contributed by atoms with Crippen LogP contribution in [0.25, 0.3) is 0 Å². The molecule has 0 bridgehead atoms. The van der Waals surface area contributed by atoms with Gasteiger partial charge in [-0.1, -0.05) is 15.9 Å². The summed E-state index contributed by atoms with van der Waals surface area (Å²) < 4.78 is 6.37. The van der Waals surface area contributed by atoms with Crippen molar-refractivity contribution in [1.82, 2.24) is 0 Å². The van der Waals surface area contributed by atoms with Crippen molar-refractivity contribution in [2.24, 2.45) is 11.7 Å². The number of nitrogens with two attached hydrogens (primary N) is 1. The normalized spacial score (nSPS) is 18.7. The molecule has 0 spiro atoms. The SMILES string of the molecule is COc1ccc(Br)cc1C(N)C1CCC(=O)CC1. The van der Waals surface area contributed by atoms with Gasteiger partial charge in [-0.15, -0.1) is 0 Å². The van der Waals surface area contributed by atoms with Crippen LogP contribution in [0.5, 0.6) is 5.75 Å². The number of rotatable bonds is 3. The minimum Gasteiger partial charge on any atom is -0.496 e. The average molecular weight is 312 g/mol. The largest absolute Gasteiger partial charge is 0.496 e. The topological polar surface area (TPSA) is 52.3 Å². The van der Waals surface area contributed by atoms with Crippen molar-refractivity contribution in [2.45, 2.75) is 31.7 Å². The quantitative estimate of drug-likeness (QED) is 0.932. The minimum absolute atomic E-state index is 0.0643. The molecule has 0 radical (unpaired) electrons. The van der Waals surface area contributed by atoms with Crippen LogP contribution in [0.4, 0.5) is 0 Å². The highest BCUT2D eigenvalue weighted by molar-refractivity contribution is 9.10. The lowest BCUT2D eigenvalue weighted by Crippen LogP contribution is -2.26. The maximum atomic E-state index is 11.3. The Bertz CT molecular complexity index is 437. The number of ketones is 1. The smallest absolute Gasteiger partial charge is 0.132 e. The van der Waals surface area contributed by atoms with E-state index >= 15 is 0 Å². The first kappa shape index (κ1) is 13.6. The van der Waals surface area contributed by atoms with Crippen molar-refractivity contribution >= 4 is 21.7 Å². The van der Waals surface area contributed by atoms with Crippen molar-refractivity contribution in [3.05, 3.63) is 28.2 Å². The van der Waals surface area contributed by atoms with E-state index in [-0.39, 0.29) is 6.04 Å². The second-order valence-electron chi connectivity index (χ2n) is 4.79. The lowest BCUT2D eigenvalue weighted by molar-refractivity contribution is -0.121. The summed E-state index contributed by atoms with van der Waals surface area (Å²) in [5, 5.41) is 0. The van der Waals surface area contributed by atoms with E-state index in [1.165, 1.54) is 0 Å². The summed E-state index contributed by atoms with van der Waals surface area (Å²) in [7, 11) is 1.66. The van der Waals surface area contributed by atoms with E-state index < -0.39 is 0 Å². The average Bonchev–Trinajstić information content (AvgIpc) is 2.39. The van der Waals surface area contributed by atoms with Gasteiger partial charge in [0.25, 0.3) is 0 Å². The molecule has 1 aromatic rings. The molecule has 1 aliphatic rings. The van der Waals surface area contributed by atoms with E-state index in [4.69, 9.17) is 10.5 Å². The summed E-state index contributed by atoms with van der Waals surface area (Å²) in [5.74, 6) is 1.55. The number of hydrogen-bond acceptors (Lipinski definition) is 3. The van der Waals surface area contributed by atoms with Crippen LogP contribution < -0.4 is 10.5 Å². The Labute approximate surface area is 116 Å². The molecule has 98 valence electrons. The third-order valence-corrected chi connectivity index (χ3v) is 4.14. The molecule has 1 aromatic carbocycles. The Morgan fingerprint density at radius 1 is 1.39 bits per heavy atom. The highest BCUT2D eigenvalue weighted by Gasteiger charge is 2.26. The van der Waals surface area contributed by atoms with Crippen molar-refractivity contribution in [1.29, 1.82) is 0 Å². The summed E-state index contributed by atoms with van der Waals surface area (Å²) in [6.45, 7) is 0. The molecular formula is C14H18BrNO2. The fraction of sp³-hybridized carbons (Fsp3) is 0.500. The van der Waals surface area contributed by atoms with Gasteiger partial charge < -0.3 is 10.5 Å². The molecule has 0 aliphatic heterocycles. The van der Waals surface area contributed by atoms with E-state index in [1.54, 1.807) is 7.11 Å². The van der Waals surface area contributed by atoms with Gasteiger partial charge in [-0.2, -0.15) is 0 Å². The van der Waals surface area contributed by atoms with Crippen LogP contribution in [-0.2, 0) is 4.79 Å². The fourth-order valence-corrected chi connectivity index (χ4v) is 2.92. The van der Waals surface area contributed by atoms with Gasteiger partial charge in [-0.3, -0.25) is 4.79 Å². The Morgan fingerprint density at radius 2 is 2.06 bits per heavy atom. The van der Waals surface area contributed by atoms with Gasteiger partial charge in [-0.25, -0.2) is 0 Å². The minimum atomic E-state index is -0.0643. The van der Waals surface area contributed by atoms with Crippen LogP contribution in [0.1, 0.15) is 37.3 Å². The van der Waals surface area contributed by atoms with Crippen molar-refractivity contribution in [3.8, 4) is 5.75 Å². The number of Topliss-reactive ketones (excluding diaryl/α,β-unsaturated/α-hetero) is 1. The van der Waals surface area contributed by atoms with E-state index in [0.29, 0.717) is 24.5 Å². The van der Waals surface area contributed by atoms with Crippen LogP contribution >= 0.6 is 15.9 Å². The zero-order valence-electron chi connectivity index (χ0n) is 10.5. The first-order valence-corrected chi connectivity index (χ1v) is 7.02. The van der Waals surface area contributed by atoms with E-state index in [2.05, 4.69) is 15.9 Å². The third-order valence-electron chi connectivity index (χ3n) is 3.65. The summed E-state index contributed by atoms with van der Waals surface area (Å²) >= 11 is 3.46. The highest BCUT2D eigenvalue weighted by atomic mass is 79.9. The highest BCUT2D eigenvalue weighted by Crippen LogP contribution is 2.36. The van der Waals surface area contributed by atoms with Crippen molar-refractivity contribution in [3.63, 3.8) is 0 Å². The summed E-state index contributed by atoms with van der Waals surface area (Å²) in [6.07, 6.45) is 3.09. The number of hydrogen-bond donors (Lipinski definition) is 1. The molecule has 2 rings (SSSR count). The number of methoxy groups -OCH3 is 1.